The molecule has 0 atom stereocenters. The first-order chi connectivity index (χ1) is 8.88. The Morgan fingerprint density at radius 3 is 2.83 bits per heavy atom. The van der Waals surface area contributed by atoms with Gasteiger partial charge in [-0.15, -0.1) is 0 Å². The molecule has 18 heavy (non-hydrogen) atoms. The number of hydrogen-bond donors (Lipinski definition) is 2. The number of anilines is 1. The molecule has 98 valence electrons. The summed E-state index contributed by atoms with van der Waals surface area (Å²) in [5, 5.41) is 3.57. The maximum atomic E-state index is 5.47. The van der Waals surface area contributed by atoms with Crippen molar-refractivity contribution in [2.45, 2.75) is 32.1 Å². The van der Waals surface area contributed by atoms with Crippen LogP contribution in [0.1, 0.15) is 37.7 Å². The van der Waals surface area contributed by atoms with E-state index >= 15 is 0 Å². The molecule has 2 heteroatoms. The molecule has 1 fully saturated rings. The van der Waals surface area contributed by atoms with Crippen LogP contribution in [0.4, 0.5) is 5.69 Å². The average molecular weight is 244 g/mol. The Bertz CT molecular complexity index is 378. The average Bonchev–Trinajstić information content (AvgIpc) is 2.44. The molecular weight excluding hydrogens is 220 g/mol. The van der Waals surface area contributed by atoms with E-state index in [-0.39, 0.29) is 0 Å². The molecule has 0 heterocycles. The zero-order chi connectivity index (χ0) is 12.6. The molecule has 0 spiro atoms. The minimum absolute atomic E-state index is 0.597. The van der Waals surface area contributed by atoms with Gasteiger partial charge in [0.05, 0.1) is 0 Å². The van der Waals surface area contributed by atoms with E-state index in [2.05, 4.69) is 35.7 Å². The largest absolute Gasteiger partial charge is 0.385 e. The molecule has 0 amide bonds. The van der Waals surface area contributed by atoms with Crippen LogP contribution in [-0.2, 0) is 0 Å². The Kier molecular flexibility index (Phi) is 5.28. The third-order valence-electron chi connectivity index (χ3n) is 3.65. The fourth-order valence-corrected chi connectivity index (χ4v) is 2.61. The molecule has 0 aliphatic heterocycles. The smallest absolute Gasteiger partial charge is 0.0346 e. The third-order valence-corrected chi connectivity index (χ3v) is 3.65. The quantitative estimate of drug-likeness (QED) is 0.829. The number of hydrogen-bond acceptors (Lipinski definition) is 2. The number of nitrogens with two attached hydrogens (primary N) is 1. The van der Waals surface area contributed by atoms with Crippen molar-refractivity contribution >= 4 is 11.8 Å². The summed E-state index contributed by atoms with van der Waals surface area (Å²) < 4.78 is 0. The van der Waals surface area contributed by atoms with Crippen molar-refractivity contribution in [3.8, 4) is 0 Å². The predicted octanol–water partition coefficient (Wildman–Crippen LogP) is 3.65. The van der Waals surface area contributed by atoms with E-state index in [1.807, 2.05) is 6.08 Å². The molecule has 0 radical (unpaired) electrons. The zero-order valence-corrected chi connectivity index (χ0v) is 11.1. The van der Waals surface area contributed by atoms with E-state index in [1.165, 1.54) is 43.4 Å². The first-order valence-electron chi connectivity index (χ1n) is 7.09. The van der Waals surface area contributed by atoms with Gasteiger partial charge in [0.25, 0.3) is 0 Å². The molecule has 0 aromatic heterocycles. The van der Waals surface area contributed by atoms with Crippen LogP contribution < -0.4 is 11.1 Å². The van der Waals surface area contributed by atoms with Crippen LogP contribution in [-0.4, -0.2) is 13.1 Å². The fraction of sp³-hybridized carbons (Fsp3) is 0.500. The zero-order valence-electron chi connectivity index (χ0n) is 11.1. The summed E-state index contributed by atoms with van der Waals surface area (Å²) in [5.41, 5.74) is 7.91. The summed E-state index contributed by atoms with van der Waals surface area (Å²) in [5.74, 6) is 0.863. The minimum Gasteiger partial charge on any atom is -0.385 e. The summed E-state index contributed by atoms with van der Waals surface area (Å²) in [7, 11) is 0. The fourth-order valence-electron chi connectivity index (χ4n) is 2.61. The van der Waals surface area contributed by atoms with Crippen molar-refractivity contribution in [2.24, 2.45) is 11.7 Å². The van der Waals surface area contributed by atoms with E-state index < -0.39 is 0 Å². The highest BCUT2D eigenvalue weighted by Gasteiger charge is 2.12. The van der Waals surface area contributed by atoms with Crippen LogP contribution in [0.5, 0.6) is 0 Å². The van der Waals surface area contributed by atoms with Crippen molar-refractivity contribution < 1.29 is 0 Å². The molecule has 3 N–H and O–H groups in total. The Morgan fingerprint density at radius 2 is 2.06 bits per heavy atom. The molecule has 1 aromatic carbocycles. The maximum absolute atomic E-state index is 5.47. The normalized spacial score (nSPS) is 17.2. The van der Waals surface area contributed by atoms with E-state index in [1.54, 1.807) is 0 Å². The predicted molar refractivity (Wildman–Crippen MR) is 79.6 cm³/mol. The van der Waals surface area contributed by atoms with Gasteiger partial charge >= 0.3 is 0 Å². The van der Waals surface area contributed by atoms with Crippen LogP contribution in [0.2, 0.25) is 0 Å². The minimum atomic E-state index is 0.597. The lowest BCUT2D eigenvalue weighted by Gasteiger charge is -2.22. The first-order valence-corrected chi connectivity index (χ1v) is 7.09. The lowest BCUT2D eigenvalue weighted by molar-refractivity contribution is 0.373. The third kappa shape index (κ3) is 4.19. The summed E-state index contributed by atoms with van der Waals surface area (Å²) in [6, 6.07) is 8.54. The number of rotatable bonds is 5. The van der Waals surface area contributed by atoms with Gasteiger partial charge in [-0.3, -0.25) is 0 Å². The molecule has 0 bridgehead atoms. The molecule has 0 unspecified atom stereocenters. The highest BCUT2D eigenvalue weighted by Crippen LogP contribution is 2.24. The Hall–Kier alpha value is -1.28. The SMILES string of the molecule is NC/C=C/c1cccc(NCC2CCCCC2)c1. The molecular formula is C16H24N2. The van der Waals surface area contributed by atoms with Gasteiger partial charge in [0.15, 0.2) is 0 Å². The van der Waals surface area contributed by atoms with Gasteiger partial charge in [-0.05, 0) is 36.5 Å². The Labute approximate surface area is 110 Å². The second kappa shape index (κ2) is 7.22. The summed E-state index contributed by atoms with van der Waals surface area (Å²) in [4.78, 5) is 0. The van der Waals surface area contributed by atoms with Gasteiger partial charge in [0.2, 0.25) is 0 Å². The molecule has 1 saturated carbocycles. The van der Waals surface area contributed by atoms with Crippen molar-refractivity contribution in [1.29, 1.82) is 0 Å². The summed E-state index contributed by atoms with van der Waals surface area (Å²) in [6.07, 6.45) is 11.1. The van der Waals surface area contributed by atoms with Crippen molar-refractivity contribution in [1.82, 2.24) is 0 Å². The van der Waals surface area contributed by atoms with Crippen molar-refractivity contribution in [3.63, 3.8) is 0 Å². The molecule has 0 saturated heterocycles. The van der Waals surface area contributed by atoms with Gasteiger partial charge in [-0.25, -0.2) is 0 Å². The first kappa shape index (κ1) is 13.2. The van der Waals surface area contributed by atoms with Gasteiger partial charge < -0.3 is 11.1 Å². The summed E-state index contributed by atoms with van der Waals surface area (Å²) >= 11 is 0. The summed E-state index contributed by atoms with van der Waals surface area (Å²) in [6.45, 7) is 1.71. The number of nitrogens with one attached hydrogen (secondary N) is 1. The van der Waals surface area contributed by atoms with Gasteiger partial charge in [-0.1, -0.05) is 43.5 Å². The molecule has 2 nitrogen and oxygen atoms in total. The van der Waals surface area contributed by atoms with Crippen molar-refractivity contribution in [3.05, 3.63) is 35.9 Å². The monoisotopic (exact) mass is 244 g/mol. The highest BCUT2D eigenvalue weighted by atomic mass is 14.9. The van der Waals surface area contributed by atoms with Gasteiger partial charge in [0.1, 0.15) is 0 Å². The topological polar surface area (TPSA) is 38.0 Å². The van der Waals surface area contributed by atoms with Crippen LogP contribution in [0.25, 0.3) is 6.08 Å². The Balaban J connectivity index is 1.86. The maximum Gasteiger partial charge on any atom is 0.0346 e. The highest BCUT2D eigenvalue weighted by molar-refractivity contribution is 5.57. The van der Waals surface area contributed by atoms with Gasteiger partial charge in [-0.2, -0.15) is 0 Å². The molecule has 1 aliphatic carbocycles. The van der Waals surface area contributed by atoms with Crippen LogP contribution in [0, 0.1) is 5.92 Å². The Morgan fingerprint density at radius 1 is 1.22 bits per heavy atom. The lowest BCUT2D eigenvalue weighted by atomic mass is 9.89. The molecule has 2 rings (SSSR count). The number of benzene rings is 1. The standard InChI is InChI=1S/C16H24N2/c17-11-5-9-14-8-4-10-16(12-14)18-13-15-6-2-1-3-7-15/h4-5,8-10,12,15,18H,1-3,6-7,11,13,17H2/b9-5+. The van der Waals surface area contributed by atoms with E-state index in [0.717, 1.165) is 12.5 Å². The molecule has 1 aromatic rings. The second-order valence-electron chi connectivity index (χ2n) is 5.15. The molecule has 1 aliphatic rings. The van der Waals surface area contributed by atoms with Crippen LogP contribution >= 0.6 is 0 Å². The van der Waals surface area contributed by atoms with E-state index in [4.69, 9.17) is 5.73 Å². The van der Waals surface area contributed by atoms with E-state index in [9.17, 15) is 0 Å². The second-order valence-corrected chi connectivity index (χ2v) is 5.15. The van der Waals surface area contributed by atoms with Crippen molar-refractivity contribution in [2.75, 3.05) is 18.4 Å². The lowest BCUT2D eigenvalue weighted by Crippen LogP contribution is -2.17. The van der Waals surface area contributed by atoms with Crippen LogP contribution in [0.3, 0.4) is 0 Å². The van der Waals surface area contributed by atoms with Crippen LogP contribution in [0.15, 0.2) is 30.3 Å². The van der Waals surface area contributed by atoms with E-state index in [0.29, 0.717) is 6.54 Å². The van der Waals surface area contributed by atoms with Gasteiger partial charge in [0, 0.05) is 18.8 Å².